The van der Waals surface area contributed by atoms with E-state index >= 15 is 0 Å². The van der Waals surface area contributed by atoms with Crippen molar-refractivity contribution in [3.63, 3.8) is 0 Å². The van der Waals surface area contributed by atoms with Gasteiger partial charge < -0.3 is 4.57 Å². The maximum atomic E-state index is 10.7. The number of aryl methyl sites for hydroxylation is 1. The van der Waals surface area contributed by atoms with Crippen molar-refractivity contribution in [2.24, 2.45) is 0 Å². The lowest BCUT2D eigenvalue weighted by atomic mass is 9.83. The third-order valence-corrected chi connectivity index (χ3v) is 2.30. The number of ketones is 1. The Hall–Kier alpha value is -0.900. The Bertz CT molecular complexity index is 302. The van der Waals surface area contributed by atoms with Crippen molar-refractivity contribution in [2.45, 2.75) is 32.2 Å². The lowest BCUT2D eigenvalue weighted by Crippen LogP contribution is -2.24. The summed E-state index contributed by atoms with van der Waals surface area (Å²) < 4.78 is 2.00. The molecular weight excluding hydrogens is 190 g/mol. The molecule has 0 spiro atoms. The van der Waals surface area contributed by atoms with Crippen LogP contribution in [0.1, 0.15) is 31.5 Å². The zero-order valence-corrected chi connectivity index (χ0v) is 8.25. The molecule has 1 aromatic heterocycles. The number of nitrogens with zero attached hydrogens (tertiary/aromatic N) is 3. The zero-order chi connectivity index (χ0) is 8.55. The highest BCUT2D eigenvalue weighted by Gasteiger charge is 2.31. The minimum atomic E-state index is 0. The number of halogens is 1. The molecule has 4 nitrogen and oxygen atoms in total. The zero-order valence-electron chi connectivity index (χ0n) is 7.43. The highest BCUT2D eigenvalue weighted by molar-refractivity contribution is 5.86. The molecule has 1 heterocycles. The molecule has 1 saturated carbocycles. The van der Waals surface area contributed by atoms with Crippen molar-refractivity contribution in [1.29, 1.82) is 0 Å². The van der Waals surface area contributed by atoms with Crippen LogP contribution in [-0.2, 0) is 11.3 Å². The largest absolute Gasteiger partial charge is 0.318 e. The molecule has 0 saturated heterocycles. The molecule has 2 rings (SSSR count). The summed E-state index contributed by atoms with van der Waals surface area (Å²) >= 11 is 0. The lowest BCUT2D eigenvalue weighted by Gasteiger charge is -2.22. The van der Waals surface area contributed by atoms with Gasteiger partial charge in [-0.05, 0) is 6.92 Å². The van der Waals surface area contributed by atoms with Gasteiger partial charge in [0.15, 0.2) is 0 Å². The van der Waals surface area contributed by atoms with Gasteiger partial charge in [0.05, 0.1) is 0 Å². The van der Waals surface area contributed by atoms with Gasteiger partial charge in [0, 0.05) is 25.3 Å². The van der Waals surface area contributed by atoms with E-state index in [0.29, 0.717) is 24.5 Å². The number of hydrogen-bond acceptors (Lipinski definition) is 3. The maximum Gasteiger partial charge on any atom is 0.136 e. The Morgan fingerprint density at radius 3 is 2.85 bits per heavy atom. The molecule has 0 unspecified atom stereocenters. The molecule has 0 aromatic carbocycles. The Morgan fingerprint density at radius 1 is 1.62 bits per heavy atom. The first-order chi connectivity index (χ1) is 5.81. The fourth-order valence-electron chi connectivity index (χ4n) is 1.50. The van der Waals surface area contributed by atoms with Gasteiger partial charge in [-0.3, -0.25) is 4.79 Å². The molecule has 0 bridgehead atoms. The minimum absolute atomic E-state index is 0. The summed E-state index contributed by atoms with van der Waals surface area (Å²) in [6.45, 7) is 2.93. The van der Waals surface area contributed by atoms with Gasteiger partial charge in [0.25, 0.3) is 0 Å². The van der Waals surface area contributed by atoms with Crippen molar-refractivity contribution < 1.29 is 4.79 Å². The van der Waals surface area contributed by atoms with Crippen molar-refractivity contribution >= 4 is 18.2 Å². The number of hydrogen-bond donors (Lipinski definition) is 0. The molecule has 5 heteroatoms. The smallest absolute Gasteiger partial charge is 0.136 e. The quantitative estimate of drug-likeness (QED) is 0.722. The predicted molar refractivity (Wildman–Crippen MR) is 49.9 cm³/mol. The monoisotopic (exact) mass is 201 g/mol. The molecule has 0 radical (unpaired) electrons. The third kappa shape index (κ3) is 1.72. The molecule has 13 heavy (non-hydrogen) atoms. The summed E-state index contributed by atoms with van der Waals surface area (Å²) in [5, 5.41) is 7.83. The standard InChI is InChI=1S/C8H11N3O.ClH/c1-2-11-5-9-10-8(11)6-3-7(12)4-6;/h5-6H,2-4H2,1H3;1H. The number of carbonyl (C=O) groups excluding carboxylic acids is 1. The Kier molecular flexibility index (Phi) is 3.03. The topological polar surface area (TPSA) is 47.8 Å². The highest BCUT2D eigenvalue weighted by Crippen LogP contribution is 2.31. The van der Waals surface area contributed by atoms with E-state index in [0.717, 1.165) is 12.4 Å². The van der Waals surface area contributed by atoms with Gasteiger partial charge in [0.1, 0.15) is 17.9 Å². The number of aromatic nitrogens is 3. The number of rotatable bonds is 2. The first kappa shape index (κ1) is 10.2. The van der Waals surface area contributed by atoms with E-state index in [1.807, 2.05) is 11.5 Å². The third-order valence-electron chi connectivity index (χ3n) is 2.30. The van der Waals surface area contributed by atoms with Crippen LogP contribution in [0, 0.1) is 0 Å². The molecule has 1 aliphatic rings. The van der Waals surface area contributed by atoms with Crippen LogP contribution in [0.2, 0.25) is 0 Å². The Morgan fingerprint density at radius 2 is 2.31 bits per heavy atom. The van der Waals surface area contributed by atoms with Crippen LogP contribution in [0.3, 0.4) is 0 Å². The van der Waals surface area contributed by atoms with Crippen LogP contribution >= 0.6 is 12.4 Å². The second-order valence-corrected chi connectivity index (χ2v) is 3.12. The van der Waals surface area contributed by atoms with Crippen LogP contribution < -0.4 is 0 Å². The summed E-state index contributed by atoms with van der Waals surface area (Å²) in [6.07, 6.45) is 3.02. The summed E-state index contributed by atoms with van der Waals surface area (Å²) in [5.74, 6) is 1.64. The van der Waals surface area contributed by atoms with E-state index in [2.05, 4.69) is 10.2 Å². The van der Waals surface area contributed by atoms with Gasteiger partial charge in [-0.25, -0.2) is 0 Å². The van der Waals surface area contributed by atoms with E-state index in [1.54, 1.807) is 6.33 Å². The van der Waals surface area contributed by atoms with Crippen LogP contribution in [0.15, 0.2) is 6.33 Å². The van der Waals surface area contributed by atoms with E-state index < -0.39 is 0 Å². The van der Waals surface area contributed by atoms with Crippen molar-refractivity contribution in [2.75, 3.05) is 0 Å². The van der Waals surface area contributed by atoms with E-state index in [9.17, 15) is 4.79 Å². The molecule has 1 fully saturated rings. The summed E-state index contributed by atoms with van der Waals surface area (Å²) in [6, 6.07) is 0. The summed E-state index contributed by atoms with van der Waals surface area (Å²) in [7, 11) is 0. The highest BCUT2D eigenvalue weighted by atomic mass is 35.5. The molecule has 72 valence electrons. The van der Waals surface area contributed by atoms with Crippen LogP contribution in [0.25, 0.3) is 0 Å². The second kappa shape index (κ2) is 3.87. The van der Waals surface area contributed by atoms with Crippen LogP contribution in [0.4, 0.5) is 0 Å². The van der Waals surface area contributed by atoms with Crippen LogP contribution in [-0.4, -0.2) is 20.5 Å². The maximum absolute atomic E-state index is 10.7. The van der Waals surface area contributed by atoms with E-state index in [4.69, 9.17) is 0 Å². The SMILES string of the molecule is CCn1cnnc1C1CC(=O)C1.Cl. The lowest BCUT2D eigenvalue weighted by molar-refractivity contribution is -0.124. The Labute approximate surface area is 82.8 Å². The van der Waals surface area contributed by atoms with E-state index in [-0.39, 0.29) is 12.4 Å². The average molecular weight is 202 g/mol. The van der Waals surface area contributed by atoms with Gasteiger partial charge >= 0.3 is 0 Å². The molecular formula is C8H12ClN3O. The summed E-state index contributed by atoms with van der Waals surface area (Å²) in [4.78, 5) is 10.7. The van der Waals surface area contributed by atoms with Crippen molar-refractivity contribution in [3.8, 4) is 0 Å². The fourth-order valence-corrected chi connectivity index (χ4v) is 1.50. The first-order valence-electron chi connectivity index (χ1n) is 4.20. The molecule has 0 aliphatic heterocycles. The molecule has 1 aromatic rings. The number of Topliss-reactive ketones (excluding diaryl/α,β-unsaturated/α-hetero) is 1. The first-order valence-corrected chi connectivity index (χ1v) is 4.20. The molecule has 1 aliphatic carbocycles. The molecule has 0 N–H and O–H groups in total. The van der Waals surface area contributed by atoms with Gasteiger partial charge in [-0.15, -0.1) is 22.6 Å². The molecule has 0 atom stereocenters. The normalized spacial score (nSPS) is 16.5. The predicted octanol–water partition coefficient (Wildman–Crippen LogP) is 1.17. The Balaban J connectivity index is 0.000000845. The van der Waals surface area contributed by atoms with Gasteiger partial charge in [-0.1, -0.05) is 0 Å². The van der Waals surface area contributed by atoms with E-state index in [1.165, 1.54) is 0 Å². The minimum Gasteiger partial charge on any atom is -0.318 e. The molecule has 0 amide bonds. The fraction of sp³-hybridized carbons (Fsp3) is 0.625. The average Bonchev–Trinajstić information content (AvgIpc) is 2.45. The second-order valence-electron chi connectivity index (χ2n) is 3.12. The number of carbonyl (C=O) groups is 1. The van der Waals surface area contributed by atoms with Gasteiger partial charge in [0.2, 0.25) is 0 Å². The van der Waals surface area contributed by atoms with Crippen molar-refractivity contribution in [3.05, 3.63) is 12.2 Å². The van der Waals surface area contributed by atoms with Gasteiger partial charge in [-0.2, -0.15) is 0 Å². The summed E-state index contributed by atoms with van der Waals surface area (Å²) in [5.41, 5.74) is 0. The van der Waals surface area contributed by atoms with Crippen molar-refractivity contribution in [1.82, 2.24) is 14.8 Å². The van der Waals surface area contributed by atoms with Crippen LogP contribution in [0.5, 0.6) is 0 Å².